The lowest BCUT2D eigenvalue weighted by Gasteiger charge is -2.34. The van der Waals surface area contributed by atoms with Gasteiger partial charge in [-0.15, -0.1) is 0 Å². The van der Waals surface area contributed by atoms with E-state index in [1.165, 1.54) is 32.5 Å². The molecule has 0 unspecified atom stereocenters. The van der Waals surface area contributed by atoms with Crippen LogP contribution in [0.5, 0.6) is 0 Å². The van der Waals surface area contributed by atoms with E-state index in [0.29, 0.717) is 5.82 Å². The summed E-state index contributed by atoms with van der Waals surface area (Å²) in [5.74, 6) is 1.68. The Bertz CT molecular complexity index is 395. The fraction of sp³-hybridized carbons (Fsp3) is 0.643. The maximum atomic E-state index is 5.89. The molecule has 1 aromatic heterocycles. The lowest BCUT2D eigenvalue weighted by atomic mass is 10.2. The van der Waals surface area contributed by atoms with Gasteiger partial charge in [-0.1, -0.05) is 6.07 Å². The Balaban J connectivity index is 1.49. The second kappa shape index (κ2) is 5.24. The van der Waals surface area contributed by atoms with E-state index in [2.05, 4.69) is 20.9 Å². The van der Waals surface area contributed by atoms with Crippen molar-refractivity contribution in [2.75, 3.05) is 38.5 Å². The fourth-order valence-electron chi connectivity index (χ4n) is 2.62. The summed E-state index contributed by atoms with van der Waals surface area (Å²) in [5, 5.41) is 0. The molecule has 18 heavy (non-hydrogen) atoms. The summed E-state index contributed by atoms with van der Waals surface area (Å²) in [4.78, 5) is 9.24. The van der Waals surface area contributed by atoms with Gasteiger partial charge in [0.05, 0.1) is 0 Å². The van der Waals surface area contributed by atoms with E-state index in [0.717, 1.165) is 31.1 Å². The van der Waals surface area contributed by atoms with Gasteiger partial charge in [0.1, 0.15) is 5.82 Å². The van der Waals surface area contributed by atoms with Crippen molar-refractivity contribution in [1.29, 1.82) is 0 Å². The molecule has 1 aliphatic carbocycles. The lowest BCUT2D eigenvalue weighted by molar-refractivity contribution is 0.123. The zero-order valence-corrected chi connectivity index (χ0v) is 10.9. The summed E-state index contributed by atoms with van der Waals surface area (Å²) in [7, 11) is 0. The summed E-state index contributed by atoms with van der Waals surface area (Å²) in [5.41, 5.74) is 7.05. The van der Waals surface area contributed by atoms with Crippen molar-refractivity contribution in [3.8, 4) is 0 Å². The molecule has 1 saturated carbocycles. The number of piperazine rings is 1. The van der Waals surface area contributed by atoms with Crippen molar-refractivity contribution in [3.05, 3.63) is 23.9 Å². The van der Waals surface area contributed by atoms with Crippen LogP contribution in [0.3, 0.4) is 0 Å². The third-order valence-corrected chi connectivity index (χ3v) is 4.00. The van der Waals surface area contributed by atoms with Crippen LogP contribution in [0.4, 0.5) is 5.82 Å². The van der Waals surface area contributed by atoms with Crippen LogP contribution in [-0.4, -0.2) is 47.5 Å². The standard InChI is InChI=1S/C14H22N4/c15-14-13(2-1-5-16-14)11-18-8-6-17(7-9-18)10-12-3-4-12/h1-2,5,12H,3-4,6-11H2,(H2,15,16). The first-order valence-electron chi connectivity index (χ1n) is 6.95. The fourth-order valence-corrected chi connectivity index (χ4v) is 2.62. The van der Waals surface area contributed by atoms with Crippen LogP contribution in [0.15, 0.2) is 18.3 Å². The van der Waals surface area contributed by atoms with E-state index >= 15 is 0 Å². The minimum Gasteiger partial charge on any atom is -0.383 e. The summed E-state index contributed by atoms with van der Waals surface area (Å²) < 4.78 is 0. The molecule has 98 valence electrons. The van der Waals surface area contributed by atoms with Gasteiger partial charge in [0.15, 0.2) is 0 Å². The maximum Gasteiger partial charge on any atom is 0.127 e. The molecule has 0 aromatic carbocycles. The molecule has 0 bridgehead atoms. The summed E-state index contributed by atoms with van der Waals surface area (Å²) >= 11 is 0. The van der Waals surface area contributed by atoms with Crippen molar-refractivity contribution in [3.63, 3.8) is 0 Å². The highest BCUT2D eigenvalue weighted by Crippen LogP contribution is 2.30. The summed E-state index contributed by atoms with van der Waals surface area (Å²) in [6.45, 7) is 6.98. The average molecular weight is 246 g/mol. The molecule has 2 N–H and O–H groups in total. The van der Waals surface area contributed by atoms with Crippen molar-refractivity contribution in [2.24, 2.45) is 5.92 Å². The van der Waals surface area contributed by atoms with Gasteiger partial charge in [-0.2, -0.15) is 0 Å². The van der Waals surface area contributed by atoms with E-state index < -0.39 is 0 Å². The molecule has 2 fully saturated rings. The second-order valence-corrected chi connectivity index (χ2v) is 5.57. The van der Waals surface area contributed by atoms with Gasteiger partial charge in [-0.25, -0.2) is 4.98 Å². The number of hydrogen-bond acceptors (Lipinski definition) is 4. The van der Waals surface area contributed by atoms with Crippen LogP contribution in [0.1, 0.15) is 18.4 Å². The SMILES string of the molecule is Nc1ncccc1CN1CCN(CC2CC2)CC1. The number of anilines is 1. The maximum absolute atomic E-state index is 5.89. The van der Waals surface area contributed by atoms with Crippen LogP contribution in [0.25, 0.3) is 0 Å². The third-order valence-electron chi connectivity index (χ3n) is 4.00. The first-order valence-corrected chi connectivity index (χ1v) is 6.95. The highest BCUT2D eigenvalue weighted by molar-refractivity contribution is 5.38. The number of nitrogens with zero attached hydrogens (tertiary/aromatic N) is 3. The molecule has 1 aliphatic heterocycles. The number of hydrogen-bond donors (Lipinski definition) is 1. The smallest absolute Gasteiger partial charge is 0.127 e. The number of aromatic nitrogens is 1. The van der Waals surface area contributed by atoms with E-state index in [9.17, 15) is 0 Å². The van der Waals surface area contributed by atoms with E-state index in [1.54, 1.807) is 6.20 Å². The number of nitrogens with two attached hydrogens (primary N) is 1. The molecule has 0 amide bonds. The molecule has 2 aliphatic rings. The van der Waals surface area contributed by atoms with E-state index in [-0.39, 0.29) is 0 Å². The molecule has 3 rings (SSSR count). The van der Waals surface area contributed by atoms with Crippen molar-refractivity contribution >= 4 is 5.82 Å². The Kier molecular flexibility index (Phi) is 3.48. The number of pyridine rings is 1. The van der Waals surface area contributed by atoms with Gasteiger partial charge >= 0.3 is 0 Å². The monoisotopic (exact) mass is 246 g/mol. The van der Waals surface area contributed by atoms with Crippen LogP contribution >= 0.6 is 0 Å². The van der Waals surface area contributed by atoms with E-state index in [1.807, 2.05) is 6.07 Å². The molecule has 1 aromatic rings. The number of rotatable bonds is 4. The highest BCUT2D eigenvalue weighted by atomic mass is 15.3. The first kappa shape index (κ1) is 11.9. The average Bonchev–Trinajstić information content (AvgIpc) is 3.19. The normalized spacial score (nSPS) is 22.2. The Morgan fingerprint density at radius 3 is 2.56 bits per heavy atom. The number of nitrogen functional groups attached to an aromatic ring is 1. The third kappa shape index (κ3) is 3.00. The minimum absolute atomic E-state index is 0.679. The van der Waals surface area contributed by atoms with Gasteiger partial charge in [0, 0.05) is 51.0 Å². The van der Waals surface area contributed by atoms with Crippen molar-refractivity contribution in [1.82, 2.24) is 14.8 Å². The molecular weight excluding hydrogens is 224 g/mol. The molecule has 0 spiro atoms. The molecule has 4 heteroatoms. The topological polar surface area (TPSA) is 45.4 Å². The van der Waals surface area contributed by atoms with Crippen LogP contribution in [0, 0.1) is 5.92 Å². The second-order valence-electron chi connectivity index (χ2n) is 5.57. The molecular formula is C14H22N4. The minimum atomic E-state index is 0.679. The largest absolute Gasteiger partial charge is 0.383 e. The van der Waals surface area contributed by atoms with Gasteiger partial charge < -0.3 is 10.6 Å². The van der Waals surface area contributed by atoms with Gasteiger partial charge in [-0.05, 0) is 24.8 Å². The molecule has 1 saturated heterocycles. The predicted molar refractivity (Wildman–Crippen MR) is 73.1 cm³/mol. The summed E-state index contributed by atoms with van der Waals surface area (Å²) in [6.07, 6.45) is 4.66. The predicted octanol–water partition coefficient (Wildman–Crippen LogP) is 1.19. The van der Waals surface area contributed by atoms with Crippen LogP contribution < -0.4 is 5.73 Å². The van der Waals surface area contributed by atoms with Crippen LogP contribution in [0.2, 0.25) is 0 Å². The molecule has 0 atom stereocenters. The zero-order valence-electron chi connectivity index (χ0n) is 10.9. The van der Waals surface area contributed by atoms with Crippen molar-refractivity contribution in [2.45, 2.75) is 19.4 Å². The Hall–Kier alpha value is -1.13. The Morgan fingerprint density at radius 1 is 1.17 bits per heavy atom. The van der Waals surface area contributed by atoms with Gasteiger partial charge in [-0.3, -0.25) is 4.90 Å². The Morgan fingerprint density at radius 2 is 1.89 bits per heavy atom. The van der Waals surface area contributed by atoms with E-state index in [4.69, 9.17) is 5.73 Å². The highest BCUT2D eigenvalue weighted by Gasteiger charge is 2.26. The van der Waals surface area contributed by atoms with Crippen molar-refractivity contribution < 1.29 is 0 Å². The lowest BCUT2D eigenvalue weighted by Crippen LogP contribution is -2.46. The van der Waals surface area contributed by atoms with Gasteiger partial charge in [0.25, 0.3) is 0 Å². The zero-order chi connectivity index (χ0) is 12.4. The summed E-state index contributed by atoms with van der Waals surface area (Å²) in [6, 6.07) is 4.05. The quantitative estimate of drug-likeness (QED) is 0.867. The van der Waals surface area contributed by atoms with Crippen LogP contribution in [-0.2, 0) is 6.54 Å². The van der Waals surface area contributed by atoms with Gasteiger partial charge in [0.2, 0.25) is 0 Å². The Labute approximate surface area is 109 Å². The molecule has 4 nitrogen and oxygen atoms in total. The molecule has 0 radical (unpaired) electrons. The first-order chi connectivity index (χ1) is 8.81. The molecule has 2 heterocycles.